The van der Waals surface area contributed by atoms with Crippen molar-refractivity contribution in [3.63, 3.8) is 0 Å². The Hall–Kier alpha value is -0.900. The monoisotopic (exact) mass is 388 g/mol. The number of sulfone groups is 1. The highest BCUT2D eigenvalue weighted by atomic mass is 79.9. The molecule has 0 bridgehead atoms. The molecular formula is C12H13BrN4O2S2. The molecule has 0 unspecified atom stereocenters. The summed E-state index contributed by atoms with van der Waals surface area (Å²) in [4.78, 5) is 14.8. The molecule has 2 aromatic rings. The summed E-state index contributed by atoms with van der Waals surface area (Å²) in [6.07, 6.45) is 3.59. The first-order valence-electron chi connectivity index (χ1n) is 6.29. The molecule has 1 aliphatic heterocycles. The van der Waals surface area contributed by atoms with Crippen molar-refractivity contribution in [2.24, 2.45) is 0 Å². The molecule has 0 saturated heterocycles. The van der Waals surface area contributed by atoms with Gasteiger partial charge in [0.25, 0.3) is 0 Å². The molecule has 0 N–H and O–H groups in total. The summed E-state index contributed by atoms with van der Waals surface area (Å²) in [6, 6.07) is 0. The Labute approximate surface area is 135 Å². The van der Waals surface area contributed by atoms with E-state index in [-0.39, 0.29) is 5.16 Å². The van der Waals surface area contributed by atoms with E-state index in [2.05, 4.69) is 35.8 Å². The third kappa shape index (κ3) is 3.47. The van der Waals surface area contributed by atoms with Gasteiger partial charge in [0, 0.05) is 30.9 Å². The molecule has 3 heterocycles. The van der Waals surface area contributed by atoms with Gasteiger partial charge < -0.3 is 0 Å². The molecule has 112 valence electrons. The third-order valence-electron chi connectivity index (χ3n) is 3.22. The van der Waals surface area contributed by atoms with Crippen molar-refractivity contribution in [1.82, 2.24) is 19.9 Å². The molecule has 3 rings (SSSR count). The lowest BCUT2D eigenvalue weighted by Gasteiger charge is -2.26. The van der Waals surface area contributed by atoms with E-state index in [4.69, 9.17) is 0 Å². The van der Waals surface area contributed by atoms with Crippen LogP contribution in [-0.4, -0.2) is 41.1 Å². The van der Waals surface area contributed by atoms with E-state index in [0.29, 0.717) is 6.54 Å². The minimum absolute atomic E-state index is 0.0971. The van der Waals surface area contributed by atoms with Crippen molar-refractivity contribution in [1.29, 1.82) is 0 Å². The van der Waals surface area contributed by atoms with Gasteiger partial charge in [-0.2, -0.15) is 0 Å². The fraction of sp³-hybridized carbons (Fsp3) is 0.417. The zero-order valence-corrected chi connectivity index (χ0v) is 14.5. The average Bonchev–Trinajstić information content (AvgIpc) is 2.82. The van der Waals surface area contributed by atoms with Crippen LogP contribution in [0.4, 0.5) is 0 Å². The van der Waals surface area contributed by atoms with Gasteiger partial charge >= 0.3 is 0 Å². The first kappa shape index (κ1) is 15.0. The molecule has 21 heavy (non-hydrogen) atoms. The molecule has 0 saturated carbocycles. The highest BCUT2D eigenvalue weighted by molar-refractivity contribution is 9.10. The number of rotatable bonds is 3. The van der Waals surface area contributed by atoms with E-state index >= 15 is 0 Å². The smallest absolute Gasteiger partial charge is 0.247 e. The van der Waals surface area contributed by atoms with Crippen LogP contribution >= 0.6 is 27.3 Å². The second kappa shape index (κ2) is 5.71. The van der Waals surface area contributed by atoms with Crippen LogP contribution in [0.25, 0.3) is 0 Å². The molecule has 0 spiro atoms. The van der Waals surface area contributed by atoms with E-state index in [1.165, 1.54) is 0 Å². The molecule has 0 fully saturated rings. The number of hydrogen-bond donors (Lipinski definition) is 0. The van der Waals surface area contributed by atoms with Gasteiger partial charge in [0.15, 0.2) is 0 Å². The summed E-state index contributed by atoms with van der Waals surface area (Å²) in [5.41, 5.74) is 1.83. The molecule has 1 aliphatic rings. The summed E-state index contributed by atoms with van der Waals surface area (Å²) >= 11 is 4.95. The van der Waals surface area contributed by atoms with Crippen molar-refractivity contribution < 1.29 is 8.42 Å². The highest BCUT2D eigenvalue weighted by Crippen LogP contribution is 2.22. The van der Waals surface area contributed by atoms with Crippen LogP contribution in [0.3, 0.4) is 0 Å². The van der Waals surface area contributed by atoms with Gasteiger partial charge in [0.2, 0.25) is 15.0 Å². The number of nitrogens with zero attached hydrogens (tertiary/aromatic N) is 4. The molecule has 2 aromatic heterocycles. The topological polar surface area (TPSA) is 76.1 Å². The predicted octanol–water partition coefficient (Wildman–Crippen LogP) is 1.66. The Kier molecular flexibility index (Phi) is 4.08. The van der Waals surface area contributed by atoms with Crippen molar-refractivity contribution in [2.45, 2.75) is 24.7 Å². The minimum Gasteiger partial charge on any atom is -0.290 e. The lowest BCUT2D eigenvalue weighted by molar-refractivity contribution is 0.239. The Balaban J connectivity index is 1.80. The average molecular weight is 389 g/mol. The van der Waals surface area contributed by atoms with E-state index in [1.54, 1.807) is 17.5 Å². The summed E-state index contributed by atoms with van der Waals surface area (Å²) in [5.74, 6) is 0. The van der Waals surface area contributed by atoms with Gasteiger partial charge in [-0.1, -0.05) is 0 Å². The molecule has 0 aromatic carbocycles. The summed E-state index contributed by atoms with van der Waals surface area (Å²) in [7, 11) is -3.37. The molecule has 0 aliphatic carbocycles. The van der Waals surface area contributed by atoms with Crippen molar-refractivity contribution >= 4 is 37.1 Å². The van der Waals surface area contributed by atoms with Gasteiger partial charge in [-0.05, 0) is 27.9 Å². The first-order chi connectivity index (χ1) is 9.91. The van der Waals surface area contributed by atoms with Crippen LogP contribution in [0, 0.1) is 0 Å². The minimum atomic E-state index is -3.37. The molecule has 0 atom stereocenters. The first-order valence-corrected chi connectivity index (χ1v) is 9.85. The summed E-state index contributed by atoms with van der Waals surface area (Å²) in [6.45, 7) is 2.26. The standard InChI is InChI=1S/C12H13BrN4O2S2/c1-21(18,19)12-14-4-8-2-3-17(5-9(8)15-12)6-11-16-10(13)7-20-11/h4,7H,2-3,5-6H2,1H3. The molecule has 0 radical (unpaired) electrons. The zero-order chi connectivity index (χ0) is 15.0. The predicted molar refractivity (Wildman–Crippen MR) is 82.8 cm³/mol. The van der Waals surface area contributed by atoms with E-state index in [9.17, 15) is 8.42 Å². The largest absolute Gasteiger partial charge is 0.290 e. The van der Waals surface area contributed by atoms with Crippen LogP contribution in [0.15, 0.2) is 21.3 Å². The van der Waals surface area contributed by atoms with Gasteiger partial charge in [-0.15, -0.1) is 11.3 Å². The molecule has 9 heteroatoms. The summed E-state index contributed by atoms with van der Waals surface area (Å²) < 4.78 is 23.9. The van der Waals surface area contributed by atoms with Crippen LogP contribution in [0.1, 0.15) is 16.3 Å². The third-order valence-corrected chi connectivity index (χ3v) is 5.62. The second-order valence-electron chi connectivity index (χ2n) is 4.92. The fourth-order valence-electron chi connectivity index (χ4n) is 2.20. The van der Waals surface area contributed by atoms with Gasteiger partial charge in [-0.3, -0.25) is 4.90 Å². The van der Waals surface area contributed by atoms with Crippen LogP contribution in [-0.2, 0) is 29.3 Å². The van der Waals surface area contributed by atoms with Gasteiger partial charge in [-0.25, -0.2) is 23.4 Å². The molecular weight excluding hydrogens is 376 g/mol. The maximum absolute atomic E-state index is 11.5. The Morgan fingerprint density at radius 2 is 2.24 bits per heavy atom. The quantitative estimate of drug-likeness (QED) is 0.744. The number of fused-ring (bicyclic) bond motifs is 1. The Morgan fingerprint density at radius 1 is 1.43 bits per heavy atom. The lowest BCUT2D eigenvalue weighted by Crippen LogP contribution is -2.31. The number of thiazole rings is 1. The van der Waals surface area contributed by atoms with Crippen LogP contribution < -0.4 is 0 Å². The zero-order valence-electron chi connectivity index (χ0n) is 11.3. The number of halogens is 1. The number of hydrogen-bond acceptors (Lipinski definition) is 7. The van der Waals surface area contributed by atoms with E-state index in [1.807, 2.05) is 5.38 Å². The van der Waals surface area contributed by atoms with Gasteiger partial charge in [0.1, 0.15) is 9.61 Å². The highest BCUT2D eigenvalue weighted by Gasteiger charge is 2.21. The maximum Gasteiger partial charge on any atom is 0.247 e. The summed E-state index contributed by atoms with van der Waals surface area (Å²) in [5, 5.41) is 2.89. The number of aromatic nitrogens is 3. The van der Waals surface area contributed by atoms with Crippen LogP contribution in [0.5, 0.6) is 0 Å². The van der Waals surface area contributed by atoms with E-state index < -0.39 is 9.84 Å². The normalized spacial score (nSPS) is 15.9. The van der Waals surface area contributed by atoms with Crippen molar-refractivity contribution in [2.75, 3.05) is 12.8 Å². The fourth-order valence-corrected chi connectivity index (χ4v) is 4.03. The van der Waals surface area contributed by atoms with Gasteiger partial charge in [0.05, 0.1) is 12.2 Å². The lowest BCUT2D eigenvalue weighted by atomic mass is 10.1. The maximum atomic E-state index is 11.5. The van der Waals surface area contributed by atoms with E-state index in [0.717, 1.165) is 46.6 Å². The van der Waals surface area contributed by atoms with Crippen molar-refractivity contribution in [3.05, 3.63) is 32.4 Å². The SMILES string of the molecule is CS(=O)(=O)c1ncc2c(n1)CN(Cc1nc(Br)cs1)CC2. The molecule has 6 nitrogen and oxygen atoms in total. The Bertz CT molecular complexity index is 775. The van der Waals surface area contributed by atoms with Crippen molar-refractivity contribution in [3.8, 4) is 0 Å². The Morgan fingerprint density at radius 3 is 2.90 bits per heavy atom. The van der Waals surface area contributed by atoms with Crippen LogP contribution in [0.2, 0.25) is 0 Å². The molecule has 0 amide bonds. The second-order valence-corrected chi connectivity index (χ2v) is 8.59.